The van der Waals surface area contributed by atoms with E-state index in [4.69, 9.17) is 9.84 Å². The minimum absolute atomic E-state index is 0.0863. The largest absolute Gasteiger partial charge is 0.484 e. The van der Waals surface area contributed by atoms with E-state index >= 15 is 0 Å². The van der Waals surface area contributed by atoms with Gasteiger partial charge in [-0.25, -0.2) is 0 Å². The summed E-state index contributed by atoms with van der Waals surface area (Å²) in [6, 6.07) is 4.20. The Hall–Kier alpha value is -2.25. The Bertz CT molecular complexity index is 583. The maximum absolute atomic E-state index is 12.6. The second-order valence-corrected chi connectivity index (χ2v) is 5.42. The summed E-state index contributed by atoms with van der Waals surface area (Å²) in [5, 5.41) is 11.6. The van der Waals surface area contributed by atoms with Crippen LogP contribution < -0.4 is 10.1 Å². The highest BCUT2D eigenvalue weighted by molar-refractivity contribution is 5.79. The lowest BCUT2D eigenvalue weighted by Crippen LogP contribution is -2.50. The molecule has 0 atom stereocenters. The molecular formula is C16H20F3NO4. The van der Waals surface area contributed by atoms with Gasteiger partial charge in [0, 0.05) is 0 Å². The number of hydrogen-bond donors (Lipinski definition) is 2. The van der Waals surface area contributed by atoms with E-state index in [-0.39, 0.29) is 12.2 Å². The Kier molecular flexibility index (Phi) is 6.62. The van der Waals surface area contributed by atoms with Crippen LogP contribution in [0.3, 0.4) is 0 Å². The molecule has 2 N–H and O–H groups in total. The Balaban J connectivity index is 2.70. The van der Waals surface area contributed by atoms with E-state index < -0.39 is 35.8 Å². The first-order chi connectivity index (χ1) is 11.1. The second kappa shape index (κ2) is 8.03. The fraction of sp³-hybridized carbons (Fsp3) is 0.500. The Morgan fingerprint density at radius 1 is 1.21 bits per heavy atom. The molecule has 8 heteroatoms. The van der Waals surface area contributed by atoms with E-state index in [2.05, 4.69) is 5.32 Å². The summed E-state index contributed by atoms with van der Waals surface area (Å²) in [6.07, 6.45) is -3.92. The smallest absolute Gasteiger partial charge is 0.416 e. The molecule has 0 heterocycles. The van der Waals surface area contributed by atoms with Crippen molar-refractivity contribution in [3.8, 4) is 5.75 Å². The highest BCUT2D eigenvalue weighted by Crippen LogP contribution is 2.31. The van der Waals surface area contributed by atoms with Gasteiger partial charge in [0.05, 0.1) is 17.5 Å². The summed E-state index contributed by atoms with van der Waals surface area (Å²) in [5.41, 5.74) is -1.78. The minimum Gasteiger partial charge on any atom is -0.484 e. The van der Waals surface area contributed by atoms with Crippen LogP contribution in [-0.2, 0) is 15.8 Å². The molecule has 134 valence electrons. The van der Waals surface area contributed by atoms with Crippen LogP contribution in [0.5, 0.6) is 5.75 Å². The van der Waals surface area contributed by atoms with E-state index in [1.807, 2.05) is 0 Å². The molecule has 1 aromatic carbocycles. The second-order valence-electron chi connectivity index (χ2n) is 5.42. The number of carboxylic acid groups (broad SMARTS) is 1. The summed E-state index contributed by atoms with van der Waals surface area (Å²) in [7, 11) is 0. The van der Waals surface area contributed by atoms with Gasteiger partial charge in [-0.2, -0.15) is 13.2 Å². The van der Waals surface area contributed by atoms with Crippen molar-refractivity contribution >= 4 is 11.9 Å². The van der Waals surface area contributed by atoms with Crippen LogP contribution in [0.4, 0.5) is 13.2 Å². The van der Waals surface area contributed by atoms with Crippen molar-refractivity contribution < 1.29 is 32.6 Å². The van der Waals surface area contributed by atoms with E-state index in [0.29, 0.717) is 12.8 Å². The van der Waals surface area contributed by atoms with Crippen LogP contribution in [0.15, 0.2) is 24.3 Å². The van der Waals surface area contributed by atoms with Crippen LogP contribution >= 0.6 is 0 Å². The number of hydrogen-bond acceptors (Lipinski definition) is 3. The monoisotopic (exact) mass is 347 g/mol. The van der Waals surface area contributed by atoms with Gasteiger partial charge in [0.25, 0.3) is 5.91 Å². The Morgan fingerprint density at radius 2 is 1.83 bits per heavy atom. The molecule has 0 aliphatic carbocycles. The number of carbonyl (C=O) groups is 2. The standard InChI is InChI=1S/C16H20F3NO4/c1-3-15(4-2,9-14(22)23)20-13(21)10-24-12-7-5-6-11(8-12)16(17,18)19/h5-8H,3-4,9-10H2,1-2H3,(H,20,21)(H,22,23). The van der Waals surface area contributed by atoms with Crippen molar-refractivity contribution in [3.05, 3.63) is 29.8 Å². The average Bonchev–Trinajstić information content (AvgIpc) is 2.51. The summed E-state index contributed by atoms with van der Waals surface area (Å²) < 4.78 is 42.9. The first-order valence-corrected chi connectivity index (χ1v) is 7.44. The number of ether oxygens (including phenoxy) is 1. The zero-order valence-corrected chi connectivity index (χ0v) is 13.4. The van der Waals surface area contributed by atoms with Crippen molar-refractivity contribution in [1.82, 2.24) is 5.32 Å². The predicted octanol–water partition coefficient (Wildman–Crippen LogP) is 3.23. The molecule has 1 amide bonds. The third-order valence-corrected chi connectivity index (χ3v) is 3.78. The van der Waals surface area contributed by atoms with Crippen molar-refractivity contribution in [1.29, 1.82) is 0 Å². The lowest BCUT2D eigenvalue weighted by molar-refractivity contribution is -0.139. The average molecular weight is 347 g/mol. The molecular weight excluding hydrogens is 327 g/mol. The first-order valence-electron chi connectivity index (χ1n) is 7.44. The van der Waals surface area contributed by atoms with Crippen LogP contribution in [-0.4, -0.2) is 29.1 Å². The minimum atomic E-state index is -4.50. The lowest BCUT2D eigenvalue weighted by atomic mass is 9.89. The number of rotatable bonds is 8. The van der Waals surface area contributed by atoms with Crippen LogP contribution in [0.25, 0.3) is 0 Å². The normalized spacial score (nSPS) is 11.9. The van der Waals surface area contributed by atoms with Crippen molar-refractivity contribution in [2.75, 3.05) is 6.61 Å². The quantitative estimate of drug-likeness (QED) is 0.757. The number of halogens is 3. The molecule has 0 bridgehead atoms. The van der Waals surface area contributed by atoms with Crippen LogP contribution in [0.1, 0.15) is 38.7 Å². The highest BCUT2D eigenvalue weighted by atomic mass is 19.4. The fourth-order valence-electron chi connectivity index (χ4n) is 2.25. The van der Waals surface area contributed by atoms with Gasteiger partial charge in [0.15, 0.2) is 6.61 Å². The van der Waals surface area contributed by atoms with Crippen LogP contribution in [0.2, 0.25) is 0 Å². The van der Waals surface area contributed by atoms with Crippen LogP contribution in [0, 0.1) is 0 Å². The van der Waals surface area contributed by atoms with Gasteiger partial charge in [0.2, 0.25) is 0 Å². The van der Waals surface area contributed by atoms with Gasteiger partial charge >= 0.3 is 12.1 Å². The molecule has 0 spiro atoms. The van der Waals surface area contributed by atoms with Gasteiger partial charge in [0.1, 0.15) is 5.75 Å². The molecule has 1 aromatic rings. The summed E-state index contributed by atoms with van der Waals surface area (Å²) in [5.74, 6) is -1.72. The maximum atomic E-state index is 12.6. The van der Waals surface area contributed by atoms with Crippen molar-refractivity contribution in [2.24, 2.45) is 0 Å². The molecule has 0 fully saturated rings. The number of carboxylic acids is 1. The van der Waals surface area contributed by atoms with Gasteiger partial charge in [-0.3, -0.25) is 9.59 Å². The summed E-state index contributed by atoms with van der Waals surface area (Å²) in [4.78, 5) is 22.9. The number of carbonyl (C=O) groups excluding carboxylic acids is 1. The maximum Gasteiger partial charge on any atom is 0.416 e. The highest BCUT2D eigenvalue weighted by Gasteiger charge is 2.32. The number of benzene rings is 1. The molecule has 0 aromatic heterocycles. The predicted molar refractivity (Wildman–Crippen MR) is 80.6 cm³/mol. The van der Waals surface area contributed by atoms with Gasteiger partial charge < -0.3 is 15.2 Å². The zero-order valence-electron chi connectivity index (χ0n) is 13.4. The molecule has 1 rings (SSSR count). The lowest BCUT2D eigenvalue weighted by Gasteiger charge is -2.31. The molecule has 0 unspecified atom stereocenters. The zero-order chi connectivity index (χ0) is 18.4. The van der Waals surface area contributed by atoms with Gasteiger partial charge in [-0.1, -0.05) is 19.9 Å². The molecule has 0 aliphatic rings. The molecule has 0 saturated carbocycles. The van der Waals surface area contributed by atoms with Crippen molar-refractivity contribution in [2.45, 2.75) is 44.8 Å². The van der Waals surface area contributed by atoms with E-state index in [1.165, 1.54) is 12.1 Å². The Labute approximate surface area is 137 Å². The van der Waals surface area contributed by atoms with Crippen molar-refractivity contribution in [3.63, 3.8) is 0 Å². The SMILES string of the molecule is CCC(CC)(CC(=O)O)NC(=O)COc1cccc(C(F)(F)F)c1. The van der Waals surface area contributed by atoms with E-state index in [1.54, 1.807) is 13.8 Å². The number of alkyl halides is 3. The van der Waals surface area contributed by atoms with Gasteiger partial charge in [-0.05, 0) is 31.0 Å². The number of nitrogens with one attached hydrogen (secondary N) is 1. The summed E-state index contributed by atoms with van der Waals surface area (Å²) >= 11 is 0. The summed E-state index contributed by atoms with van der Waals surface area (Å²) in [6.45, 7) is 3.00. The third-order valence-electron chi connectivity index (χ3n) is 3.78. The van der Waals surface area contributed by atoms with E-state index in [9.17, 15) is 22.8 Å². The topological polar surface area (TPSA) is 75.6 Å². The van der Waals surface area contributed by atoms with E-state index in [0.717, 1.165) is 12.1 Å². The molecule has 0 aliphatic heterocycles. The molecule has 0 saturated heterocycles. The number of aliphatic carboxylic acids is 1. The Morgan fingerprint density at radius 3 is 2.33 bits per heavy atom. The molecule has 0 radical (unpaired) electrons. The molecule has 5 nitrogen and oxygen atoms in total. The molecule has 24 heavy (non-hydrogen) atoms. The van der Waals surface area contributed by atoms with Gasteiger partial charge in [-0.15, -0.1) is 0 Å². The first kappa shape index (κ1) is 19.8. The fourth-order valence-corrected chi connectivity index (χ4v) is 2.25. The third kappa shape index (κ3) is 5.75. The number of amides is 1.